The Bertz CT molecular complexity index is 3210. The number of hydrogen-bond acceptors (Lipinski definition) is 1. The Hall–Kier alpha value is -7.21. The fourth-order valence-electron chi connectivity index (χ4n) is 8.88. The molecule has 0 unspecified atom stereocenters. The van der Waals surface area contributed by atoms with Gasteiger partial charge < -0.3 is 4.57 Å². The Labute approximate surface area is 306 Å². The highest BCUT2D eigenvalue weighted by atomic mass is 15.0. The molecule has 0 N–H and O–H groups in total. The van der Waals surface area contributed by atoms with Crippen LogP contribution < -0.4 is 0 Å². The third-order valence-electron chi connectivity index (χ3n) is 11.2. The van der Waals surface area contributed by atoms with E-state index in [0.29, 0.717) is 5.56 Å². The third-order valence-corrected chi connectivity index (χ3v) is 11.2. The number of para-hydroxylation sites is 1. The van der Waals surface area contributed by atoms with E-state index in [1.807, 2.05) is 6.07 Å². The van der Waals surface area contributed by atoms with Crippen LogP contribution in [-0.4, -0.2) is 4.57 Å². The molecule has 0 aliphatic rings. The molecule has 0 saturated carbocycles. The van der Waals surface area contributed by atoms with Gasteiger partial charge in [-0.3, -0.25) is 0 Å². The van der Waals surface area contributed by atoms with Crippen LogP contribution in [0.5, 0.6) is 0 Å². The third kappa shape index (κ3) is 4.32. The van der Waals surface area contributed by atoms with E-state index in [-0.39, 0.29) is 0 Å². The van der Waals surface area contributed by atoms with Crippen LogP contribution in [0.2, 0.25) is 0 Å². The lowest BCUT2D eigenvalue weighted by molar-refractivity contribution is 1.18. The second-order valence-corrected chi connectivity index (χ2v) is 13.9. The van der Waals surface area contributed by atoms with Gasteiger partial charge in [-0.15, -0.1) is 0 Å². The molecule has 0 bridgehead atoms. The summed E-state index contributed by atoms with van der Waals surface area (Å²) in [6, 6.07) is 68.1. The normalized spacial score (nSPS) is 11.8. The second-order valence-electron chi connectivity index (χ2n) is 13.9. The topological polar surface area (TPSA) is 28.7 Å². The average molecular weight is 671 g/mol. The van der Waals surface area contributed by atoms with Crippen molar-refractivity contribution in [3.8, 4) is 45.1 Å². The monoisotopic (exact) mass is 670 g/mol. The van der Waals surface area contributed by atoms with Crippen molar-refractivity contribution in [1.82, 2.24) is 4.57 Å². The highest BCUT2D eigenvalue weighted by Crippen LogP contribution is 2.46. The van der Waals surface area contributed by atoms with Gasteiger partial charge in [0.25, 0.3) is 0 Å². The van der Waals surface area contributed by atoms with Gasteiger partial charge >= 0.3 is 0 Å². The van der Waals surface area contributed by atoms with Crippen LogP contribution in [0.15, 0.2) is 182 Å². The second kappa shape index (κ2) is 11.4. The number of fused-ring (bicyclic) bond motifs is 3. The van der Waals surface area contributed by atoms with E-state index in [2.05, 4.69) is 187 Å². The fourth-order valence-corrected chi connectivity index (χ4v) is 8.88. The molecule has 10 aromatic carbocycles. The molecular formula is C51H30N2. The number of benzene rings is 10. The predicted octanol–water partition coefficient (Wildman–Crippen LogP) is 13.7. The molecule has 0 spiro atoms. The van der Waals surface area contributed by atoms with Gasteiger partial charge in [-0.1, -0.05) is 146 Å². The first-order chi connectivity index (χ1) is 26.3. The van der Waals surface area contributed by atoms with Crippen LogP contribution in [0.25, 0.3) is 104 Å². The number of rotatable bonds is 4. The van der Waals surface area contributed by atoms with E-state index in [9.17, 15) is 5.26 Å². The average Bonchev–Trinajstić information content (AvgIpc) is 3.57. The van der Waals surface area contributed by atoms with Crippen LogP contribution in [-0.2, 0) is 0 Å². The smallest absolute Gasteiger partial charge is 0.0998 e. The van der Waals surface area contributed by atoms with Gasteiger partial charge in [0.05, 0.1) is 22.7 Å². The van der Waals surface area contributed by atoms with Crippen molar-refractivity contribution in [2.24, 2.45) is 0 Å². The van der Waals surface area contributed by atoms with Crippen LogP contribution in [0.3, 0.4) is 0 Å². The Morgan fingerprint density at radius 3 is 1.72 bits per heavy atom. The van der Waals surface area contributed by atoms with E-state index in [4.69, 9.17) is 0 Å². The lowest BCUT2D eigenvalue weighted by Gasteiger charge is -2.19. The first-order valence-corrected chi connectivity index (χ1v) is 18.1. The van der Waals surface area contributed by atoms with Crippen LogP contribution >= 0.6 is 0 Å². The zero-order chi connectivity index (χ0) is 35.0. The Morgan fingerprint density at radius 1 is 0.377 bits per heavy atom. The highest BCUT2D eigenvalue weighted by molar-refractivity contribution is 6.26. The summed E-state index contributed by atoms with van der Waals surface area (Å²) in [7, 11) is 0. The molecule has 2 heteroatoms. The van der Waals surface area contributed by atoms with Gasteiger partial charge in [0.1, 0.15) is 0 Å². The maximum atomic E-state index is 9.95. The summed E-state index contributed by atoms with van der Waals surface area (Å²) >= 11 is 0. The lowest BCUT2D eigenvalue weighted by Crippen LogP contribution is -1.93. The summed E-state index contributed by atoms with van der Waals surface area (Å²) < 4.78 is 2.35. The lowest BCUT2D eigenvalue weighted by atomic mass is 9.84. The van der Waals surface area contributed by atoms with Crippen LogP contribution in [0.1, 0.15) is 5.56 Å². The summed E-state index contributed by atoms with van der Waals surface area (Å²) in [5.41, 5.74) is 11.4. The highest BCUT2D eigenvalue weighted by Gasteiger charge is 2.21. The largest absolute Gasteiger partial charge is 0.309 e. The van der Waals surface area contributed by atoms with Crippen molar-refractivity contribution in [2.45, 2.75) is 0 Å². The maximum absolute atomic E-state index is 9.95. The van der Waals surface area contributed by atoms with Crippen LogP contribution in [0, 0.1) is 11.3 Å². The summed E-state index contributed by atoms with van der Waals surface area (Å²) in [6.45, 7) is 0. The zero-order valence-electron chi connectivity index (χ0n) is 28.7. The zero-order valence-corrected chi connectivity index (χ0v) is 28.7. The quantitative estimate of drug-likeness (QED) is 0.135. The molecule has 1 heterocycles. The predicted molar refractivity (Wildman–Crippen MR) is 223 cm³/mol. The van der Waals surface area contributed by atoms with E-state index in [0.717, 1.165) is 38.6 Å². The van der Waals surface area contributed by atoms with Crippen molar-refractivity contribution in [2.75, 3.05) is 0 Å². The minimum atomic E-state index is 0.705. The van der Waals surface area contributed by atoms with Crippen molar-refractivity contribution in [3.63, 3.8) is 0 Å². The minimum Gasteiger partial charge on any atom is -0.309 e. The number of aromatic nitrogens is 1. The molecule has 0 fully saturated rings. The molecule has 2 nitrogen and oxygen atoms in total. The summed E-state index contributed by atoms with van der Waals surface area (Å²) in [5, 5.41) is 22.0. The molecule has 0 amide bonds. The van der Waals surface area contributed by atoms with E-state index in [1.165, 1.54) is 65.3 Å². The Balaban J connectivity index is 1.12. The van der Waals surface area contributed by atoms with E-state index < -0.39 is 0 Å². The maximum Gasteiger partial charge on any atom is 0.0998 e. The van der Waals surface area contributed by atoms with Crippen molar-refractivity contribution >= 4 is 64.9 Å². The van der Waals surface area contributed by atoms with E-state index in [1.54, 1.807) is 0 Å². The Kier molecular flexibility index (Phi) is 6.35. The number of hydrogen-bond donors (Lipinski definition) is 0. The molecule has 1 aromatic heterocycles. The van der Waals surface area contributed by atoms with Gasteiger partial charge in [-0.05, 0) is 107 Å². The van der Waals surface area contributed by atoms with Gasteiger partial charge in [0, 0.05) is 21.8 Å². The van der Waals surface area contributed by atoms with Gasteiger partial charge in [-0.25, -0.2) is 0 Å². The van der Waals surface area contributed by atoms with Crippen molar-refractivity contribution in [1.29, 1.82) is 5.26 Å². The summed E-state index contributed by atoms with van der Waals surface area (Å²) in [4.78, 5) is 0. The van der Waals surface area contributed by atoms with Gasteiger partial charge in [0.2, 0.25) is 0 Å². The molecule has 244 valence electrons. The molecule has 11 rings (SSSR count). The first kappa shape index (κ1) is 29.5. The number of nitrogens with zero attached hydrogens (tertiary/aromatic N) is 2. The molecule has 0 radical (unpaired) electrons. The standard InChI is InChI=1S/C51H30N2/c52-31-36-26-28-46-51-40(36)27-25-35-29-37(30-47(49(35)51)53(46)38-13-2-1-3-14-38)32-21-23-34(24-22-32)48-42-16-6-8-18-44(42)50(45-19-9-7-17-43(45)48)41-20-10-12-33-11-4-5-15-39(33)41/h1-30H. The summed E-state index contributed by atoms with van der Waals surface area (Å²) in [6.07, 6.45) is 0. The SMILES string of the molecule is N#Cc1ccc2c3c1ccc1cc(-c4ccc(-c5c6ccccc6c(-c6cccc7ccccc67)c6ccccc56)cc4)cc(c13)n2-c1ccccc1. The summed E-state index contributed by atoms with van der Waals surface area (Å²) in [5.74, 6) is 0. The molecule has 0 saturated heterocycles. The molecule has 11 aromatic rings. The van der Waals surface area contributed by atoms with Crippen LogP contribution in [0.4, 0.5) is 0 Å². The molecule has 0 atom stereocenters. The minimum absolute atomic E-state index is 0.705. The van der Waals surface area contributed by atoms with E-state index >= 15 is 0 Å². The molecule has 53 heavy (non-hydrogen) atoms. The first-order valence-electron chi connectivity index (χ1n) is 18.1. The van der Waals surface area contributed by atoms with Crippen molar-refractivity contribution < 1.29 is 0 Å². The molecular weight excluding hydrogens is 641 g/mol. The van der Waals surface area contributed by atoms with Gasteiger partial charge in [-0.2, -0.15) is 5.26 Å². The Morgan fingerprint density at radius 2 is 1.00 bits per heavy atom. The molecule has 0 aliphatic heterocycles. The molecule has 0 aliphatic carbocycles. The fraction of sp³-hybridized carbons (Fsp3) is 0. The number of nitriles is 1. The van der Waals surface area contributed by atoms with Gasteiger partial charge in [0.15, 0.2) is 0 Å². The van der Waals surface area contributed by atoms with Crippen molar-refractivity contribution in [3.05, 3.63) is 188 Å².